The highest BCUT2D eigenvalue weighted by molar-refractivity contribution is 5.97. The van der Waals surface area contributed by atoms with E-state index in [9.17, 15) is 4.79 Å². The van der Waals surface area contributed by atoms with Gasteiger partial charge in [-0.25, -0.2) is 0 Å². The first-order valence-corrected chi connectivity index (χ1v) is 5.49. The summed E-state index contributed by atoms with van der Waals surface area (Å²) in [5, 5.41) is 0. The highest BCUT2D eigenvalue weighted by Crippen LogP contribution is 2.15. The van der Waals surface area contributed by atoms with E-state index in [2.05, 4.69) is 9.97 Å². The minimum Gasteiger partial charge on any atom is -0.335 e. The molecule has 17 heavy (non-hydrogen) atoms. The molecule has 1 saturated heterocycles. The molecule has 1 aliphatic rings. The van der Waals surface area contributed by atoms with Gasteiger partial charge in [-0.2, -0.15) is 0 Å². The Morgan fingerprint density at radius 2 is 1.94 bits per heavy atom. The first-order chi connectivity index (χ1) is 8.24. The topological polar surface area (TPSA) is 72.1 Å². The first kappa shape index (κ1) is 10.2. The molecule has 0 spiro atoms. The molecule has 1 fully saturated rings. The molecule has 1 amide bonds. The average Bonchev–Trinajstić information content (AvgIpc) is 2.33. The number of nitrogens with zero attached hydrogens (tertiary/aromatic N) is 3. The van der Waals surface area contributed by atoms with Crippen molar-refractivity contribution in [3.8, 4) is 0 Å². The lowest BCUT2D eigenvalue weighted by Gasteiger charge is -2.36. The van der Waals surface area contributed by atoms with Crippen LogP contribution in [0.2, 0.25) is 0 Å². The number of aromatic nitrogens is 2. The zero-order valence-electron chi connectivity index (χ0n) is 9.21. The molecule has 0 unspecified atom stereocenters. The van der Waals surface area contributed by atoms with E-state index in [0.29, 0.717) is 18.7 Å². The highest BCUT2D eigenvalue weighted by atomic mass is 16.2. The van der Waals surface area contributed by atoms with Crippen molar-refractivity contribution in [3.63, 3.8) is 0 Å². The second-order valence-corrected chi connectivity index (χ2v) is 4.23. The molecule has 86 valence electrons. The maximum atomic E-state index is 12.0. The molecule has 0 aliphatic carbocycles. The summed E-state index contributed by atoms with van der Waals surface area (Å²) in [5.74, 6) is 0.0132. The number of carbonyl (C=O) groups is 1. The fraction of sp³-hybridized carbons (Fsp3) is 0.250. The van der Waals surface area contributed by atoms with Gasteiger partial charge in [0.25, 0.3) is 5.91 Å². The van der Waals surface area contributed by atoms with Crippen LogP contribution in [-0.2, 0) is 0 Å². The largest absolute Gasteiger partial charge is 0.335 e. The molecular formula is C12H12N4O. The third-order valence-corrected chi connectivity index (χ3v) is 2.91. The summed E-state index contributed by atoms with van der Waals surface area (Å²) in [5.41, 5.74) is 7.84. The van der Waals surface area contributed by atoms with Crippen molar-refractivity contribution < 1.29 is 4.79 Å². The Morgan fingerprint density at radius 3 is 2.65 bits per heavy atom. The molecule has 0 atom stereocenters. The number of rotatable bonds is 1. The number of fused-ring (bicyclic) bond motifs is 1. The van der Waals surface area contributed by atoms with Crippen LogP contribution in [-0.4, -0.2) is 39.9 Å². The Morgan fingerprint density at radius 1 is 1.24 bits per heavy atom. The normalized spacial score (nSPS) is 15.9. The van der Waals surface area contributed by atoms with Crippen molar-refractivity contribution in [1.82, 2.24) is 14.9 Å². The Hall–Kier alpha value is -2.01. The van der Waals surface area contributed by atoms with Crippen molar-refractivity contribution in [3.05, 3.63) is 36.2 Å². The van der Waals surface area contributed by atoms with Gasteiger partial charge >= 0.3 is 0 Å². The van der Waals surface area contributed by atoms with Gasteiger partial charge in [-0.15, -0.1) is 0 Å². The Balaban J connectivity index is 1.92. The van der Waals surface area contributed by atoms with Gasteiger partial charge in [-0.05, 0) is 18.2 Å². The summed E-state index contributed by atoms with van der Waals surface area (Å²) in [6, 6.07) is 5.49. The molecule has 1 aliphatic heterocycles. The van der Waals surface area contributed by atoms with E-state index in [1.54, 1.807) is 29.4 Å². The average molecular weight is 228 g/mol. The van der Waals surface area contributed by atoms with E-state index < -0.39 is 0 Å². The van der Waals surface area contributed by atoms with Gasteiger partial charge in [0, 0.05) is 37.1 Å². The lowest BCUT2D eigenvalue weighted by atomic mass is 10.1. The summed E-state index contributed by atoms with van der Waals surface area (Å²) in [4.78, 5) is 22.1. The van der Waals surface area contributed by atoms with Gasteiger partial charge < -0.3 is 10.6 Å². The van der Waals surface area contributed by atoms with Crippen molar-refractivity contribution >= 4 is 16.9 Å². The van der Waals surface area contributed by atoms with Crippen LogP contribution in [0.25, 0.3) is 11.0 Å². The number of nitrogens with two attached hydrogens (primary N) is 1. The summed E-state index contributed by atoms with van der Waals surface area (Å²) < 4.78 is 0. The van der Waals surface area contributed by atoms with E-state index in [1.807, 2.05) is 6.07 Å². The fourth-order valence-corrected chi connectivity index (χ4v) is 1.96. The Kier molecular flexibility index (Phi) is 2.26. The van der Waals surface area contributed by atoms with Crippen molar-refractivity contribution in [2.24, 2.45) is 5.73 Å². The zero-order chi connectivity index (χ0) is 11.8. The van der Waals surface area contributed by atoms with Crippen LogP contribution in [0.1, 0.15) is 10.4 Å². The number of benzene rings is 1. The van der Waals surface area contributed by atoms with Crippen LogP contribution < -0.4 is 5.73 Å². The minimum absolute atomic E-state index is 0.0132. The zero-order valence-corrected chi connectivity index (χ0v) is 9.21. The van der Waals surface area contributed by atoms with Gasteiger partial charge in [-0.3, -0.25) is 14.8 Å². The monoisotopic (exact) mass is 228 g/mol. The molecule has 5 nitrogen and oxygen atoms in total. The molecule has 3 rings (SSSR count). The number of likely N-dealkylation sites (tertiary alicyclic amines) is 1. The number of hydrogen-bond acceptors (Lipinski definition) is 4. The van der Waals surface area contributed by atoms with E-state index in [0.717, 1.165) is 11.0 Å². The summed E-state index contributed by atoms with van der Waals surface area (Å²) in [6.45, 7) is 1.27. The fourth-order valence-electron chi connectivity index (χ4n) is 1.96. The van der Waals surface area contributed by atoms with Crippen LogP contribution >= 0.6 is 0 Å². The lowest BCUT2D eigenvalue weighted by Crippen LogP contribution is -2.57. The Labute approximate surface area is 98.3 Å². The lowest BCUT2D eigenvalue weighted by molar-refractivity contribution is 0.0608. The van der Waals surface area contributed by atoms with Crippen LogP contribution in [0.15, 0.2) is 30.6 Å². The van der Waals surface area contributed by atoms with E-state index in [1.165, 1.54) is 0 Å². The van der Waals surface area contributed by atoms with Gasteiger partial charge in [0.1, 0.15) is 0 Å². The predicted octanol–water partition coefficient (Wildman–Crippen LogP) is 0.413. The summed E-state index contributed by atoms with van der Waals surface area (Å²) in [6.07, 6.45) is 3.26. The molecule has 0 saturated carbocycles. The van der Waals surface area contributed by atoms with Crippen LogP contribution in [0.4, 0.5) is 0 Å². The van der Waals surface area contributed by atoms with Crippen molar-refractivity contribution in [1.29, 1.82) is 0 Å². The predicted molar refractivity (Wildman–Crippen MR) is 63.4 cm³/mol. The molecular weight excluding hydrogens is 216 g/mol. The number of hydrogen-bond donors (Lipinski definition) is 1. The number of carbonyl (C=O) groups excluding carboxylic acids is 1. The maximum absolute atomic E-state index is 12.0. The second kappa shape index (κ2) is 3.78. The smallest absolute Gasteiger partial charge is 0.254 e. The van der Waals surface area contributed by atoms with E-state index in [-0.39, 0.29) is 11.9 Å². The maximum Gasteiger partial charge on any atom is 0.254 e. The van der Waals surface area contributed by atoms with Gasteiger partial charge in [-0.1, -0.05) is 0 Å². The summed E-state index contributed by atoms with van der Waals surface area (Å²) >= 11 is 0. The van der Waals surface area contributed by atoms with E-state index in [4.69, 9.17) is 5.73 Å². The Bertz CT molecular complexity index is 577. The van der Waals surface area contributed by atoms with Gasteiger partial charge in [0.15, 0.2) is 0 Å². The molecule has 2 N–H and O–H groups in total. The standard InChI is InChI=1S/C12H12N4O/c13-9-6-16(7-9)12(17)8-1-2-10-11(5-8)15-4-3-14-10/h1-5,9H,6-7,13H2. The molecule has 1 aromatic carbocycles. The molecule has 1 aromatic heterocycles. The highest BCUT2D eigenvalue weighted by Gasteiger charge is 2.28. The quantitative estimate of drug-likeness (QED) is 0.767. The third-order valence-electron chi connectivity index (χ3n) is 2.91. The van der Waals surface area contributed by atoms with Crippen molar-refractivity contribution in [2.75, 3.05) is 13.1 Å². The second-order valence-electron chi connectivity index (χ2n) is 4.23. The van der Waals surface area contributed by atoms with Crippen LogP contribution in [0, 0.1) is 0 Å². The third kappa shape index (κ3) is 1.74. The van der Waals surface area contributed by atoms with Crippen molar-refractivity contribution in [2.45, 2.75) is 6.04 Å². The van der Waals surface area contributed by atoms with Gasteiger partial charge in [0.05, 0.1) is 11.0 Å². The molecule has 2 aromatic rings. The molecule has 0 radical (unpaired) electrons. The minimum atomic E-state index is 0.0132. The number of amides is 1. The van der Waals surface area contributed by atoms with Crippen LogP contribution in [0.5, 0.6) is 0 Å². The molecule has 0 bridgehead atoms. The van der Waals surface area contributed by atoms with Crippen LogP contribution in [0.3, 0.4) is 0 Å². The SMILES string of the molecule is NC1CN(C(=O)c2ccc3nccnc3c2)C1. The molecule has 5 heteroatoms. The molecule has 2 heterocycles. The van der Waals surface area contributed by atoms with E-state index >= 15 is 0 Å². The van der Waals surface area contributed by atoms with Gasteiger partial charge in [0.2, 0.25) is 0 Å². The summed E-state index contributed by atoms with van der Waals surface area (Å²) in [7, 11) is 0. The first-order valence-electron chi connectivity index (χ1n) is 5.49.